The third kappa shape index (κ3) is 4.12. The van der Waals surface area contributed by atoms with E-state index in [1.165, 1.54) is 22.8 Å². The molecule has 10 N–H and O–H groups in total. The maximum Gasteiger partial charge on any atom is 0.346 e. The van der Waals surface area contributed by atoms with Gasteiger partial charge in [0.25, 0.3) is 11.8 Å². The normalized spacial score (nSPS) is 28.2. The smallest absolute Gasteiger partial charge is 0.346 e. The van der Waals surface area contributed by atoms with Crippen LogP contribution in [0.2, 0.25) is 0 Å². The predicted molar refractivity (Wildman–Crippen MR) is 149 cm³/mol. The van der Waals surface area contributed by atoms with Crippen LogP contribution in [-0.4, -0.2) is 87.8 Å². The summed E-state index contributed by atoms with van der Waals surface area (Å²) >= 11 is 0. The Labute approximate surface area is 240 Å². The highest BCUT2D eigenvalue weighted by Crippen LogP contribution is 2.43. The van der Waals surface area contributed by atoms with Gasteiger partial charge in [0.05, 0.1) is 25.3 Å². The number of nitrogens with two attached hydrogens (primary N) is 2. The monoisotopic (exact) mass is 581 g/mol. The van der Waals surface area contributed by atoms with Gasteiger partial charge in [-0.25, -0.2) is 14.0 Å². The molecule has 0 aromatic heterocycles. The minimum Gasteiger partial charge on any atom is -0.492 e. The van der Waals surface area contributed by atoms with E-state index in [4.69, 9.17) is 16.2 Å². The van der Waals surface area contributed by atoms with Gasteiger partial charge in [0.2, 0.25) is 11.4 Å². The molecule has 4 aliphatic rings. The first kappa shape index (κ1) is 27.7. The van der Waals surface area contributed by atoms with Crippen molar-refractivity contribution in [2.45, 2.75) is 55.3 Å². The summed E-state index contributed by atoms with van der Waals surface area (Å²) in [6.07, 6.45) is 0.794. The van der Waals surface area contributed by atoms with Crippen molar-refractivity contribution in [1.29, 1.82) is 0 Å². The van der Waals surface area contributed by atoms with Crippen LogP contribution < -0.4 is 37.5 Å². The van der Waals surface area contributed by atoms with Crippen LogP contribution in [0.15, 0.2) is 47.5 Å². The Morgan fingerprint density at radius 1 is 1.19 bits per heavy atom. The Kier molecular flexibility index (Phi) is 6.31. The lowest BCUT2D eigenvalue weighted by molar-refractivity contribution is -0.623. The van der Waals surface area contributed by atoms with Gasteiger partial charge >= 0.3 is 5.96 Å². The molecule has 1 fully saturated rings. The topological polar surface area (TPSA) is 199 Å². The Balaban J connectivity index is 1.27. The summed E-state index contributed by atoms with van der Waals surface area (Å²) in [6.45, 7) is 4.44. The third-order valence-corrected chi connectivity index (χ3v) is 8.70. The van der Waals surface area contributed by atoms with E-state index in [0.29, 0.717) is 12.4 Å². The summed E-state index contributed by atoms with van der Waals surface area (Å²) in [5.41, 5.74) is 11.7. The maximum atomic E-state index is 13.6. The molecule has 6 rings (SSSR count). The van der Waals surface area contributed by atoms with Crippen molar-refractivity contribution in [3.63, 3.8) is 0 Å². The highest BCUT2D eigenvalue weighted by molar-refractivity contribution is 5.98. The third-order valence-electron chi connectivity index (χ3n) is 8.70. The molecule has 4 aliphatic heterocycles. The number of ether oxygens (including phenoxy) is 1. The van der Waals surface area contributed by atoms with Gasteiger partial charge in [-0.15, -0.1) is 0 Å². The number of halogens is 1. The van der Waals surface area contributed by atoms with Crippen molar-refractivity contribution in [3.8, 4) is 5.75 Å². The summed E-state index contributed by atoms with van der Waals surface area (Å²) in [5.74, 6) is -3.83. The van der Waals surface area contributed by atoms with Crippen LogP contribution in [0.25, 0.3) is 0 Å². The molecule has 1 unspecified atom stereocenters. The molecule has 0 bridgehead atoms. The number of fused-ring (bicyclic) bond motifs is 1. The fraction of sp³-hybridized carbons (Fsp3) is 0.429. The summed E-state index contributed by atoms with van der Waals surface area (Å²) < 4.78 is 21.0. The molecule has 14 heteroatoms. The molecular formula is C28H34FN8O5+. The standard InChI is InChI=1S/C28H33FN8O5/c1-26(2)9-10-42-20-16(7-4-8-17(20)26)23(39)34-19-13-37-25(31)33-18(12-32-22(38)14-5-3-6-15(29)11-14)21-27(37,28(19,40)41)36-24(30)35-21/h3-8,11,18-19,21,40-41H,9-10,12-13H2,1-2H3,(H7,30,31,32,33,34,35,36,38,39)/p+1/t18-,19?,21-,27-/m0/s1. The number of para-hydroxylation sites is 1. The Morgan fingerprint density at radius 3 is 2.71 bits per heavy atom. The first-order valence-corrected chi connectivity index (χ1v) is 13.7. The molecule has 0 radical (unpaired) electrons. The van der Waals surface area contributed by atoms with Gasteiger partial charge in [0.1, 0.15) is 29.7 Å². The average molecular weight is 582 g/mol. The van der Waals surface area contributed by atoms with E-state index in [0.717, 1.165) is 18.1 Å². The number of nitrogens with zero attached hydrogens (tertiary/aromatic N) is 2. The van der Waals surface area contributed by atoms with Gasteiger partial charge in [-0.05, 0) is 36.1 Å². The molecule has 4 heterocycles. The Bertz CT molecular complexity index is 1540. The van der Waals surface area contributed by atoms with Crippen molar-refractivity contribution in [1.82, 2.24) is 21.3 Å². The molecule has 1 saturated heterocycles. The zero-order valence-corrected chi connectivity index (χ0v) is 23.1. The quantitative estimate of drug-likeness (QED) is 0.151. The number of carbonyl (C=O) groups excluding carboxylic acids is 2. The van der Waals surface area contributed by atoms with Crippen molar-refractivity contribution < 1.29 is 33.5 Å². The predicted octanol–water partition coefficient (Wildman–Crippen LogP) is -1.61. The molecule has 1 spiro atoms. The van der Waals surface area contributed by atoms with E-state index >= 15 is 0 Å². The molecule has 42 heavy (non-hydrogen) atoms. The lowest BCUT2D eigenvalue weighted by atomic mass is 9.79. The maximum absolute atomic E-state index is 13.6. The van der Waals surface area contributed by atoms with Gasteiger partial charge < -0.3 is 36.6 Å². The number of hydrogen-bond donors (Lipinski definition) is 8. The molecule has 13 nitrogen and oxygen atoms in total. The number of rotatable bonds is 5. The first-order valence-electron chi connectivity index (χ1n) is 13.7. The number of aliphatic imine (C=N–C) groups is 1. The van der Waals surface area contributed by atoms with Crippen LogP contribution in [0.3, 0.4) is 0 Å². The SMILES string of the molecule is CC1(C)CCOc2c(C(=O)NC3C[N+]4=C(N)N[C@@H](CNC(=O)c5cccc(F)c5)[C@@H]5N=C(N)N[C@@]54C3(O)O)cccc21. The molecular weight excluding hydrogens is 547 g/mol. The van der Waals surface area contributed by atoms with Crippen molar-refractivity contribution in [3.05, 3.63) is 65.0 Å². The highest BCUT2D eigenvalue weighted by Gasteiger charge is 2.75. The lowest BCUT2D eigenvalue weighted by Crippen LogP contribution is -2.79. The van der Waals surface area contributed by atoms with Crippen molar-refractivity contribution >= 4 is 23.7 Å². The average Bonchev–Trinajstić information content (AvgIpc) is 3.40. The second-order valence-electron chi connectivity index (χ2n) is 11.7. The number of amides is 2. The second-order valence-corrected chi connectivity index (χ2v) is 11.7. The van der Waals surface area contributed by atoms with Crippen LogP contribution in [0.4, 0.5) is 4.39 Å². The molecule has 0 saturated carbocycles. The van der Waals surface area contributed by atoms with E-state index in [9.17, 15) is 24.2 Å². The zero-order chi connectivity index (χ0) is 30.0. The van der Waals surface area contributed by atoms with Crippen LogP contribution in [0, 0.1) is 5.82 Å². The summed E-state index contributed by atoms with van der Waals surface area (Å²) in [4.78, 5) is 30.7. The van der Waals surface area contributed by atoms with E-state index in [1.54, 1.807) is 12.1 Å². The minimum atomic E-state index is -2.63. The van der Waals surface area contributed by atoms with E-state index in [-0.39, 0.29) is 41.6 Å². The fourth-order valence-electron chi connectivity index (χ4n) is 6.44. The van der Waals surface area contributed by atoms with Gasteiger partial charge in [0, 0.05) is 11.1 Å². The number of benzene rings is 2. The Morgan fingerprint density at radius 2 is 1.95 bits per heavy atom. The lowest BCUT2D eigenvalue weighted by Gasteiger charge is -2.43. The summed E-state index contributed by atoms with van der Waals surface area (Å²) in [5, 5.41) is 34.9. The second kappa shape index (κ2) is 9.56. The number of guanidine groups is 2. The van der Waals surface area contributed by atoms with Crippen LogP contribution in [0.5, 0.6) is 5.75 Å². The zero-order valence-electron chi connectivity index (χ0n) is 23.1. The van der Waals surface area contributed by atoms with Crippen molar-refractivity contribution in [2.24, 2.45) is 16.5 Å². The van der Waals surface area contributed by atoms with Gasteiger partial charge in [-0.3, -0.25) is 20.6 Å². The van der Waals surface area contributed by atoms with Gasteiger partial charge in [-0.2, -0.15) is 0 Å². The molecule has 2 aromatic carbocycles. The van der Waals surface area contributed by atoms with Gasteiger partial charge in [0.15, 0.2) is 5.96 Å². The molecule has 4 atom stereocenters. The molecule has 222 valence electrons. The summed E-state index contributed by atoms with van der Waals surface area (Å²) in [7, 11) is 0. The highest BCUT2D eigenvalue weighted by atomic mass is 19.1. The largest absolute Gasteiger partial charge is 0.492 e. The molecule has 0 aliphatic carbocycles. The van der Waals surface area contributed by atoms with Crippen LogP contribution in [-0.2, 0) is 5.41 Å². The van der Waals surface area contributed by atoms with Gasteiger partial charge in [-0.1, -0.05) is 32.0 Å². The van der Waals surface area contributed by atoms with Crippen molar-refractivity contribution in [2.75, 3.05) is 19.7 Å². The first-order chi connectivity index (χ1) is 19.8. The minimum absolute atomic E-state index is 0.0556. The molecule has 2 aromatic rings. The van der Waals surface area contributed by atoms with E-state index < -0.39 is 47.2 Å². The van der Waals surface area contributed by atoms with Crippen LogP contribution >= 0.6 is 0 Å². The number of aliphatic hydroxyl groups is 2. The number of carbonyl (C=O) groups is 2. The fourth-order valence-corrected chi connectivity index (χ4v) is 6.44. The van der Waals surface area contributed by atoms with Crippen LogP contribution in [0.1, 0.15) is 46.5 Å². The molecule has 2 amide bonds. The van der Waals surface area contributed by atoms with E-state index in [1.807, 2.05) is 6.07 Å². The number of nitrogens with one attached hydrogen (secondary N) is 4. The number of hydrogen-bond acceptors (Lipinski definition) is 10. The van der Waals surface area contributed by atoms with E-state index in [2.05, 4.69) is 40.1 Å². The Hall–Kier alpha value is -4.43. The summed E-state index contributed by atoms with van der Waals surface area (Å²) in [6, 6.07) is 7.58.